The Morgan fingerprint density at radius 1 is 1.50 bits per heavy atom. The van der Waals surface area contributed by atoms with Crippen molar-refractivity contribution in [2.45, 2.75) is 26.0 Å². The molecule has 0 aromatic heterocycles. The first-order valence-corrected chi connectivity index (χ1v) is 6.90. The third-order valence-corrected chi connectivity index (χ3v) is 3.74. The molecular formula is C14H21ClN2O. The lowest BCUT2D eigenvalue weighted by Crippen LogP contribution is -2.25. The maximum Gasteiger partial charge on any atom is 0.0762 e. The molecule has 2 rings (SSSR count). The van der Waals surface area contributed by atoms with Crippen molar-refractivity contribution in [3.05, 3.63) is 28.8 Å². The largest absolute Gasteiger partial charge is 0.380 e. The van der Waals surface area contributed by atoms with Gasteiger partial charge in [-0.15, -0.1) is 0 Å². The van der Waals surface area contributed by atoms with Crippen molar-refractivity contribution in [1.82, 2.24) is 5.32 Å². The average Bonchev–Trinajstić information content (AvgIpc) is 2.84. The number of rotatable bonds is 5. The van der Waals surface area contributed by atoms with Crippen LogP contribution in [0.4, 0.5) is 5.69 Å². The zero-order valence-corrected chi connectivity index (χ0v) is 11.8. The van der Waals surface area contributed by atoms with Crippen molar-refractivity contribution in [3.63, 3.8) is 0 Å². The second-order valence-electron chi connectivity index (χ2n) is 4.62. The first-order valence-electron chi connectivity index (χ1n) is 6.52. The number of anilines is 1. The molecule has 1 atom stereocenters. The summed E-state index contributed by atoms with van der Waals surface area (Å²) in [5.74, 6) is 0. The number of ether oxygens (including phenoxy) is 1. The molecule has 1 saturated heterocycles. The first-order chi connectivity index (χ1) is 8.76. The molecule has 1 aliphatic rings. The molecule has 1 fully saturated rings. The second-order valence-corrected chi connectivity index (χ2v) is 5.03. The van der Waals surface area contributed by atoms with Crippen LogP contribution in [-0.2, 0) is 11.3 Å². The van der Waals surface area contributed by atoms with Gasteiger partial charge in [-0.2, -0.15) is 0 Å². The molecule has 0 amide bonds. The molecule has 100 valence electrons. The Hall–Kier alpha value is -0.770. The highest BCUT2D eigenvalue weighted by molar-refractivity contribution is 6.33. The molecule has 1 N–H and O–H groups in total. The Bertz CT molecular complexity index is 397. The topological polar surface area (TPSA) is 24.5 Å². The number of hydrogen-bond donors (Lipinski definition) is 1. The summed E-state index contributed by atoms with van der Waals surface area (Å²) >= 11 is 6.37. The monoisotopic (exact) mass is 268 g/mol. The third-order valence-electron chi connectivity index (χ3n) is 3.43. The van der Waals surface area contributed by atoms with Crippen LogP contribution in [0.15, 0.2) is 18.2 Å². The SMILES string of the molecule is CCNCc1cccc(Cl)c1N1CCC(OC)C1. The molecule has 0 aliphatic carbocycles. The minimum absolute atomic E-state index is 0.327. The molecule has 0 saturated carbocycles. The fourth-order valence-corrected chi connectivity index (χ4v) is 2.75. The van der Waals surface area contributed by atoms with Crippen LogP contribution in [0.1, 0.15) is 18.9 Å². The molecule has 0 spiro atoms. The standard InChI is InChI=1S/C14H21ClN2O/c1-3-16-9-11-5-4-6-13(15)14(11)17-8-7-12(10-17)18-2/h4-6,12,16H,3,7-10H2,1-2H3. The molecule has 1 aliphatic heterocycles. The maximum atomic E-state index is 6.37. The Kier molecular flexibility index (Phi) is 4.87. The molecule has 0 radical (unpaired) electrons. The molecule has 3 nitrogen and oxygen atoms in total. The van der Waals surface area contributed by atoms with Gasteiger partial charge in [0.05, 0.1) is 16.8 Å². The van der Waals surface area contributed by atoms with E-state index < -0.39 is 0 Å². The number of para-hydroxylation sites is 1. The van der Waals surface area contributed by atoms with Crippen molar-refractivity contribution in [1.29, 1.82) is 0 Å². The van der Waals surface area contributed by atoms with Crippen LogP contribution in [0.5, 0.6) is 0 Å². The smallest absolute Gasteiger partial charge is 0.0762 e. The van der Waals surface area contributed by atoms with Gasteiger partial charge in [-0.05, 0) is 24.6 Å². The van der Waals surface area contributed by atoms with Gasteiger partial charge in [0.25, 0.3) is 0 Å². The lowest BCUT2D eigenvalue weighted by Gasteiger charge is -2.23. The summed E-state index contributed by atoms with van der Waals surface area (Å²) in [5, 5.41) is 4.20. The number of nitrogens with one attached hydrogen (secondary N) is 1. The van der Waals surface area contributed by atoms with Gasteiger partial charge >= 0.3 is 0 Å². The van der Waals surface area contributed by atoms with E-state index in [0.717, 1.165) is 37.6 Å². The summed E-state index contributed by atoms with van der Waals surface area (Å²) in [5.41, 5.74) is 2.43. The summed E-state index contributed by atoms with van der Waals surface area (Å²) in [6.07, 6.45) is 1.40. The number of methoxy groups -OCH3 is 1. The van der Waals surface area contributed by atoms with Crippen molar-refractivity contribution in [3.8, 4) is 0 Å². The van der Waals surface area contributed by atoms with E-state index in [2.05, 4.69) is 23.2 Å². The highest BCUT2D eigenvalue weighted by Gasteiger charge is 2.25. The Balaban J connectivity index is 2.20. The summed E-state index contributed by atoms with van der Waals surface area (Å²) < 4.78 is 5.42. The zero-order chi connectivity index (χ0) is 13.0. The number of nitrogens with zero attached hydrogens (tertiary/aromatic N) is 1. The third kappa shape index (κ3) is 2.97. The van der Waals surface area contributed by atoms with E-state index in [9.17, 15) is 0 Å². The normalized spacial score (nSPS) is 19.5. The summed E-state index contributed by atoms with van der Waals surface area (Å²) in [4.78, 5) is 2.34. The molecule has 0 bridgehead atoms. The van der Waals surface area contributed by atoms with Crippen molar-refractivity contribution in [2.24, 2.45) is 0 Å². The van der Waals surface area contributed by atoms with Crippen LogP contribution in [0.25, 0.3) is 0 Å². The highest BCUT2D eigenvalue weighted by atomic mass is 35.5. The van der Waals surface area contributed by atoms with E-state index in [1.807, 2.05) is 12.1 Å². The van der Waals surface area contributed by atoms with E-state index in [-0.39, 0.29) is 0 Å². The van der Waals surface area contributed by atoms with Gasteiger partial charge in [0.1, 0.15) is 0 Å². The van der Waals surface area contributed by atoms with Crippen LogP contribution >= 0.6 is 11.6 Å². The molecule has 18 heavy (non-hydrogen) atoms. The van der Waals surface area contributed by atoms with E-state index in [1.54, 1.807) is 7.11 Å². The summed E-state index contributed by atoms with van der Waals surface area (Å²) in [7, 11) is 1.78. The predicted octanol–water partition coefficient (Wildman–Crippen LogP) is 2.67. The minimum atomic E-state index is 0.327. The Morgan fingerprint density at radius 3 is 3.00 bits per heavy atom. The molecular weight excluding hydrogens is 248 g/mol. The van der Waals surface area contributed by atoms with E-state index >= 15 is 0 Å². The lowest BCUT2D eigenvalue weighted by molar-refractivity contribution is 0.121. The first kappa shape index (κ1) is 13.7. The van der Waals surface area contributed by atoms with Gasteiger partial charge in [0.15, 0.2) is 0 Å². The number of halogens is 1. The van der Waals surface area contributed by atoms with Crippen LogP contribution in [0.2, 0.25) is 5.02 Å². The zero-order valence-electron chi connectivity index (χ0n) is 11.1. The van der Waals surface area contributed by atoms with Gasteiger partial charge in [0.2, 0.25) is 0 Å². The molecule has 1 aromatic carbocycles. The van der Waals surface area contributed by atoms with Crippen LogP contribution in [0, 0.1) is 0 Å². The minimum Gasteiger partial charge on any atom is -0.380 e. The fraction of sp³-hybridized carbons (Fsp3) is 0.571. The van der Waals surface area contributed by atoms with Gasteiger partial charge in [0, 0.05) is 26.7 Å². The van der Waals surface area contributed by atoms with E-state index in [0.29, 0.717) is 6.10 Å². The second kappa shape index (κ2) is 6.41. The van der Waals surface area contributed by atoms with Gasteiger partial charge in [-0.25, -0.2) is 0 Å². The van der Waals surface area contributed by atoms with Crippen LogP contribution in [0.3, 0.4) is 0 Å². The predicted molar refractivity (Wildman–Crippen MR) is 76.5 cm³/mol. The highest BCUT2D eigenvalue weighted by Crippen LogP contribution is 2.32. The molecule has 1 unspecified atom stereocenters. The van der Waals surface area contributed by atoms with Crippen LogP contribution in [-0.4, -0.2) is 32.8 Å². The van der Waals surface area contributed by atoms with E-state index in [4.69, 9.17) is 16.3 Å². The Labute approximate surface area is 114 Å². The number of hydrogen-bond acceptors (Lipinski definition) is 3. The summed E-state index contributed by atoms with van der Waals surface area (Å²) in [6, 6.07) is 6.12. The molecule has 1 aromatic rings. The van der Waals surface area contributed by atoms with Gasteiger partial charge in [-0.3, -0.25) is 0 Å². The van der Waals surface area contributed by atoms with Crippen LogP contribution < -0.4 is 10.2 Å². The lowest BCUT2D eigenvalue weighted by atomic mass is 10.1. The summed E-state index contributed by atoms with van der Waals surface area (Å²) in [6.45, 7) is 5.88. The van der Waals surface area contributed by atoms with Crippen molar-refractivity contribution >= 4 is 17.3 Å². The van der Waals surface area contributed by atoms with Gasteiger partial charge < -0.3 is 15.0 Å². The molecule has 1 heterocycles. The Morgan fingerprint density at radius 2 is 2.33 bits per heavy atom. The quantitative estimate of drug-likeness (QED) is 0.889. The van der Waals surface area contributed by atoms with Gasteiger partial charge in [-0.1, -0.05) is 30.7 Å². The van der Waals surface area contributed by atoms with Crippen molar-refractivity contribution < 1.29 is 4.74 Å². The maximum absolute atomic E-state index is 6.37. The molecule has 4 heteroatoms. The number of benzene rings is 1. The average molecular weight is 269 g/mol. The fourth-order valence-electron chi connectivity index (χ4n) is 2.44. The van der Waals surface area contributed by atoms with E-state index in [1.165, 1.54) is 11.3 Å². The van der Waals surface area contributed by atoms with Crippen molar-refractivity contribution in [2.75, 3.05) is 31.6 Å².